The summed E-state index contributed by atoms with van der Waals surface area (Å²) in [6, 6.07) is 7.27. The van der Waals surface area contributed by atoms with Crippen molar-refractivity contribution in [2.45, 2.75) is 44.0 Å². The summed E-state index contributed by atoms with van der Waals surface area (Å²) in [4.78, 5) is 6.86. The van der Waals surface area contributed by atoms with E-state index in [-0.39, 0.29) is 24.0 Å². The van der Waals surface area contributed by atoms with Crippen LogP contribution >= 0.6 is 24.0 Å². The predicted molar refractivity (Wildman–Crippen MR) is 133 cm³/mol. The Balaban J connectivity index is 0.00000320. The van der Waals surface area contributed by atoms with Crippen molar-refractivity contribution < 1.29 is 8.42 Å². The van der Waals surface area contributed by atoms with E-state index in [1.165, 1.54) is 25.7 Å². The molecule has 170 valence electrons. The summed E-state index contributed by atoms with van der Waals surface area (Å²) in [5.74, 6) is 0.719. The lowest BCUT2D eigenvalue weighted by Crippen LogP contribution is -2.47. The van der Waals surface area contributed by atoms with Crippen molar-refractivity contribution in [3.05, 3.63) is 29.8 Å². The molecule has 2 aliphatic rings. The molecule has 1 saturated heterocycles. The topological polar surface area (TPSA) is 77.0 Å². The molecule has 9 heteroatoms. The van der Waals surface area contributed by atoms with E-state index in [1.54, 1.807) is 23.5 Å². The highest BCUT2D eigenvalue weighted by Crippen LogP contribution is 2.43. The monoisotopic (exact) mass is 549 g/mol. The Morgan fingerprint density at radius 2 is 1.80 bits per heavy atom. The molecular weight excluding hydrogens is 513 g/mol. The highest BCUT2D eigenvalue weighted by atomic mass is 127. The summed E-state index contributed by atoms with van der Waals surface area (Å²) in [6.45, 7) is 6.15. The Kier molecular flexibility index (Phi) is 9.38. The van der Waals surface area contributed by atoms with Crippen LogP contribution in [0.15, 0.2) is 34.2 Å². The molecule has 2 fully saturated rings. The maximum atomic E-state index is 13.2. The van der Waals surface area contributed by atoms with Crippen molar-refractivity contribution in [3.8, 4) is 0 Å². The van der Waals surface area contributed by atoms with Gasteiger partial charge in [-0.1, -0.05) is 31.5 Å². The number of sulfonamides is 1. The molecule has 3 rings (SSSR count). The van der Waals surface area contributed by atoms with Crippen LogP contribution in [-0.4, -0.2) is 70.4 Å². The quantitative estimate of drug-likeness (QED) is 0.311. The highest BCUT2D eigenvalue weighted by Gasteiger charge is 2.35. The van der Waals surface area contributed by atoms with Gasteiger partial charge in [0, 0.05) is 46.3 Å². The van der Waals surface area contributed by atoms with Crippen LogP contribution in [-0.2, 0) is 16.6 Å². The Morgan fingerprint density at radius 1 is 1.13 bits per heavy atom. The van der Waals surface area contributed by atoms with Crippen LogP contribution in [0.25, 0.3) is 0 Å². The van der Waals surface area contributed by atoms with Crippen LogP contribution in [0.1, 0.15) is 38.2 Å². The van der Waals surface area contributed by atoms with Crippen molar-refractivity contribution >= 4 is 40.0 Å². The number of nitrogens with zero attached hydrogens (tertiary/aromatic N) is 3. The standard InChI is InChI=1S/C21H35N5O2S.HI/c1-4-21(10-7-11-21)17-24-20(22-2)23-16-18-8-5-6-9-19(18)29(27,28)26-14-12-25(3)13-15-26;/h5-6,8-9H,4,7,10-17H2,1-3H3,(H2,22,23,24);1H. The number of benzene rings is 1. The van der Waals surface area contributed by atoms with Gasteiger partial charge in [0.1, 0.15) is 0 Å². The molecule has 1 saturated carbocycles. The van der Waals surface area contributed by atoms with Gasteiger partial charge in [-0.3, -0.25) is 4.99 Å². The van der Waals surface area contributed by atoms with E-state index in [0.29, 0.717) is 29.9 Å². The third-order valence-electron chi connectivity index (χ3n) is 6.52. The van der Waals surface area contributed by atoms with E-state index in [1.807, 2.05) is 19.2 Å². The fourth-order valence-electron chi connectivity index (χ4n) is 4.07. The van der Waals surface area contributed by atoms with Gasteiger partial charge in [0.15, 0.2) is 5.96 Å². The molecule has 0 unspecified atom stereocenters. The maximum absolute atomic E-state index is 13.2. The molecule has 0 aromatic heterocycles. The summed E-state index contributed by atoms with van der Waals surface area (Å²) in [5.41, 5.74) is 1.16. The van der Waals surface area contributed by atoms with Gasteiger partial charge >= 0.3 is 0 Å². The lowest BCUT2D eigenvalue weighted by molar-refractivity contribution is 0.131. The number of nitrogens with one attached hydrogen (secondary N) is 2. The molecule has 0 atom stereocenters. The van der Waals surface area contributed by atoms with E-state index in [0.717, 1.165) is 31.2 Å². The van der Waals surface area contributed by atoms with Gasteiger partial charge in [0.05, 0.1) is 4.90 Å². The molecule has 0 amide bonds. The van der Waals surface area contributed by atoms with E-state index in [2.05, 4.69) is 27.4 Å². The second-order valence-corrected chi connectivity index (χ2v) is 10.2. The molecule has 0 spiro atoms. The van der Waals surface area contributed by atoms with Crippen molar-refractivity contribution in [1.82, 2.24) is 19.8 Å². The van der Waals surface area contributed by atoms with Crippen molar-refractivity contribution in [2.75, 3.05) is 46.8 Å². The molecule has 2 N–H and O–H groups in total. The summed E-state index contributed by atoms with van der Waals surface area (Å²) in [5, 5.41) is 6.73. The number of hydrogen-bond acceptors (Lipinski definition) is 4. The summed E-state index contributed by atoms with van der Waals surface area (Å²) < 4.78 is 28.0. The largest absolute Gasteiger partial charge is 0.356 e. The number of aliphatic imine (C=N–C) groups is 1. The van der Waals surface area contributed by atoms with E-state index >= 15 is 0 Å². The summed E-state index contributed by atoms with van der Waals surface area (Å²) in [6.07, 6.45) is 5.00. The van der Waals surface area contributed by atoms with Crippen LogP contribution < -0.4 is 10.6 Å². The zero-order valence-electron chi connectivity index (χ0n) is 18.4. The zero-order chi connectivity index (χ0) is 20.9. The first-order valence-corrected chi connectivity index (χ1v) is 12.1. The first kappa shape index (κ1) is 25.4. The van der Waals surface area contributed by atoms with Crippen molar-refractivity contribution in [2.24, 2.45) is 10.4 Å². The van der Waals surface area contributed by atoms with Crippen LogP contribution in [0.4, 0.5) is 0 Å². The second kappa shape index (κ2) is 11.1. The summed E-state index contributed by atoms with van der Waals surface area (Å²) in [7, 11) is 0.273. The first-order chi connectivity index (χ1) is 13.9. The lowest BCUT2D eigenvalue weighted by Gasteiger charge is -2.41. The molecule has 0 bridgehead atoms. The number of piperazine rings is 1. The Hall–Kier alpha value is -0.910. The zero-order valence-corrected chi connectivity index (χ0v) is 21.5. The SMILES string of the molecule is CCC1(CNC(=NC)NCc2ccccc2S(=O)(=O)N2CCN(C)CC2)CCC1.I. The molecule has 0 radical (unpaired) electrons. The third-order valence-corrected chi connectivity index (χ3v) is 8.52. The van der Waals surface area contributed by atoms with Gasteiger partial charge in [-0.05, 0) is 43.4 Å². The number of halogens is 1. The molecule has 1 aromatic rings. The van der Waals surface area contributed by atoms with Crippen molar-refractivity contribution in [1.29, 1.82) is 0 Å². The predicted octanol–water partition coefficient (Wildman–Crippen LogP) is 2.49. The van der Waals surface area contributed by atoms with Gasteiger partial charge in [-0.2, -0.15) is 4.31 Å². The minimum Gasteiger partial charge on any atom is -0.356 e. The van der Waals surface area contributed by atoms with Crippen LogP contribution in [0.2, 0.25) is 0 Å². The number of hydrogen-bond donors (Lipinski definition) is 2. The molecule has 1 aliphatic carbocycles. The van der Waals surface area contributed by atoms with E-state index < -0.39 is 10.0 Å². The fourth-order valence-corrected chi connectivity index (χ4v) is 5.72. The van der Waals surface area contributed by atoms with Gasteiger partial charge < -0.3 is 15.5 Å². The smallest absolute Gasteiger partial charge is 0.243 e. The van der Waals surface area contributed by atoms with Gasteiger partial charge in [-0.25, -0.2) is 8.42 Å². The minimum absolute atomic E-state index is 0. The number of rotatable bonds is 7. The average Bonchev–Trinajstić information content (AvgIpc) is 2.70. The van der Waals surface area contributed by atoms with Crippen molar-refractivity contribution in [3.63, 3.8) is 0 Å². The molecule has 7 nitrogen and oxygen atoms in total. The second-order valence-electron chi connectivity index (χ2n) is 8.30. The minimum atomic E-state index is -3.50. The molecule has 30 heavy (non-hydrogen) atoms. The Labute approximate surface area is 198 Å². The van der Waals surface area contributed by atoms with Crippen LogP contribution in [0, 0.1) is 5.41 Å². The molecule has 1 aliphatic heterocycles. The van der Waals surface area contributed by atoms with Gasteiger partial charge in [0.25, 0.3) is 0 Å². The Bertz CT molecular complexity index is 813. The van der Waals surface area contributed by atoms with E-state index in [4.69, 9.17) is 0 Å². The number of guanidine groups is 1. The number of likely N-dealkylation sites (N-methyl/N-ethyl adjacent to an activating group) is 1. The normalized spacial score (nSPS) is 20.2. The van der Waals surface area contributed by atoms with Crippen LogP contribution in [0.3, 0.4) is 0 Å². The average molecular weight is 550 g/mol. The first-order valence-electron chi connectivity index (χ1n) is 10.6. The summed E-state index contributed by atoms with van der Waals surface area (Å²) >= 11 is 0. The maximum Gasteiger partial charge on any atom is 0.243 e. The van der Waals surface area contributed by atoms with Gasteiger partial charge in [-0.15, -0.1) is 24.0 Å². The lowest BCUT2D eigenvalue weighted by atomic mass is 9.67. The Morgan fingerprint density at radius 3 is 2.37 bits per heavy atom. The third kappa shape index (κ3) is 5.86. The van der Waals surface area contributed by atoms with Gasteiger partial charge in [0.2, 0.25) is 10.0 Å². The molecule has 1 heterocycles. The molecule has 1 aromatic carbocycles. The van der Waals surface area contributed by atoms with E-state index in [9.17, 15) is 8.42 Å². The molecular formula is C21H36IN5O2S. The fraction of sp³-hybridized carbons (Fsp3) is 0.667. The van der Waals surface area contributed by atoms with Crippen LogP contribution in [0.5, 0.6) is 0 Å². The highest BCUT2D eigenvalue weighted by molar-refractivity contribution is 14.0.